The summed E-state index contributed by atoms with van der Waals surface area (Å²) in [6, 6.07) is 8.45. The fraction of sp³-hybridized carbons (Fsp3) is 0.586. The van der Waals surface area contributed by atoms with Gasteiger partial charge in [0.25, 0.3) is 0 Å². The summed E-state index contributed by atoms with van der Waals surface area (Å²) in [7, 11) is 1.90. The van der Waals surface area contributed by atoms with Crippen LogP contribution in [0.1, 0.15) is 76.5 Å². The molecule has 5 rings (SSSR count). The summed E-state index contributed by atoms with van der Waals surface area (Å²) in [5, 5.41) is 9.12. The molecule has 2 aliphatic rings. The highest BCUT2D eigenvalue weighted by molar-refractivity contribution is 5.97. The van der Waals surface area contributed by atoms with E-state index < -0.39 is 0 Å². The quantitative estimate of drug-likeness (QED) is 0.480. The molecule has 1 fully saturated rings. The van der Waals surface area contributed by atoms with Crippen molar-refractivity contribution in [1.29, 1.82) is 0 Å². The fourth-order valence-corrected chi connectivity index (χ4v) is 5.79. The van der Waals surface area contributed by atoms with Gasteiger partial charge < -0.3 is 9.88 Å². The Morgan fingerprint density at radius 3 is 2.51 bits per heavy atom. The molecule has 3 aromatic rings. The molecule has 1 amide bonds. The van der Waals surface area contributed by atoms with Crippen LogP contribution in [0.2, 0.25) is 0 Å². The summed E-state index contributed by atoms with van der Waals surface area (Å²) in [6.07, 6.45) is 12.3. The summed E-state index contributed by atoms with van der Waals surface area (Å²) in [5.74, 6) is 0.164. The molecule has 0 spiro atoms. The van der Waals surface area contributed by atoms with Gasteiger partial charge >= 0.3 is 0 Å². The molecule has 2 N–H and O–H groups in total. The van der Waals surface area contributed by atoms with Crippen LogP contribution in [0, 0.1) is 5.41 Å². The Hall–Kier alpha value is -2.60. The fourth-order valence-electron chi connectivity index (χ4n) is 5.79. The molecular weight excluding hydrogens is 434 g/mol. The Labute approximate surface area is 209 Å². The maximum absolute atomic E-state index is 13.2. The first-order valence-electron chi connectivity index (χ1n) is 13.6. The first kappa shape index (κ1) is 24.1. The van der Waals surface area contributed by atoms with Crippen LogP contribution in [0.3, 0.4) is 0 Å². The van der Waals surface area contributed by atoms with Gasteiger partial charge in [-0.2, -0.15) is 5.10 Å². The molecule has 6 heteroatoms. The van der Waals surface area contributed by atoms with E-state index in [1.54, 1.807) is 0 Å². The van der Waals surface area contributed by atoms with E-state index in [0.717, 1.165) is 53.9 Å². The highest BCUT2D eigenvalue weighted by Crippen LogP contribution is 2.38. The highest BCUT2D eigenvalue weighted by Gasteiger charge is 2.29. The third-order valence-electron chi connectivity index (χ3n) is 8.09. The third-order valence-corrected chi connectivity index (χ3v) is 8.09. The average Bonchev–Trinajstić information content (AvgIpc) is 3.44. The Balaban J connectivity index is 1.30. The van der Waals surface area contributed by atoms with E-state index >= 15 is 0 Å². The Kier molecular flexibility index (Phi) is 7.01. The van der Waals surface area contributed by atoms with E-state index in [2.05, 4.69) is 58.2 Å². The number of rotatable bonds is 4. The van der Waals surface area contributed by atoms with Gasteiger partial charge in [0.05, 0.1) is 12.2 Å². The molecular formula is C29H41N5O. The van der Waals surface area contributed by atoms with Gasteiger partial charge in [-0.3, -0.25) is 14.8 Å². The number of H-pyrrole nitrogens is 2. The normalized spacial score (nSPS) is 19.4. The first-order chi connectivity index (χ1) is 16.9. The molecule has 0 unspecified atom stereocenters. The standard InChI is InChI=1S/C29H41N5O/c1-29(2)14-13-23-26(19-29)31-32-28(23)25-17-21-11-12-22(18-24(21)30-25)33(3)27(35)20-34-15-9-7-5-4-6-8-10-16-34/h11-12,17-18,30H,4-10,13-16,19-20H2,1-3H3,(H,31,32). The maximum atomic E-state index is 13.2. The molecule has 0 radical (unpaired) electrons. The lowest BCUT2D eigenvalue weighted by atomic mass is 9.76. The van der Waals surface area contributed by atoms with Crippen molar-refractivity contribution in [3.8, 4) is 11.4 Å². The molecule has 0 saturated carbocycles. The molecule has 6 nitrogen and oxygen atoms in total. The minimum absolute atomic E-state index is 0.164. The predicted octanol–water partition coefficient (Wildman–Crippen LogP) is 6.08. The van der Waals surface area contributed by atoms with Crippen molar-refractivity contribution in [2.75, 3.05) is 31.6 Å². The number of carbonyl (C=O) groups excluding carboxylic acids is 1. The number of nitrogens with zero attached hydrogens (tertiary/aromatic N) is 3. The van der Waals surface area contributed by atoms with E-state index in [0.29, 0.717) is 12.0 Å². The van der Waals surface area contributed by atoms with E-state index in [1.807, 2.05) is 11.9 Å². The highest BCUT2D eigenvalue weighted by atomic mass is 16.2. The van der Waals surface area contributed by atoms with Gasteiger partial charge in [-0.1, -0.05) is 52.0 Å². The van der Waals surface area contributed by atoms with Gasteiger partial charge in [-0.05, 0) is 68.8 Å². The van der Waals surface area contributed by atoms with Crippen molar-refractivity contribution in [3.63, 3.8) is 0 Å². The number of likely N-dealkylation sites (N-methyl/N-ethyl adjacent to an activating group) is 1. The van der Waals surface area contributed by atoms with E-state index in [-0.39, 0.29) is 5.91 Å². The Bertz CT molecular complexity index is 1160. The Morgan fingerprint density at radius 1 is 1.06 bits per heavy atom. The lowest BCUT2D eigenvalue weighted by Crippen LogP contribution is -2.39. The molecule has 188 valence electrons. The largest absolute Gasteiger partial charge is 0.353 e. The predicted molar refractivity (Wildman–Crippen MR) is 144 cm³/mol. The molecule has 1 aliphatic carbocycles. The number of anilines is 1. The van der Waals surface area contributed by atoms with Crippen molar-refractivity contribution in [1.82, 2.24) is 20.1 Å². The van der Waals surface area contributed by atoms with Crippen LogP contribution in [-0.2, 0) is 17.6 Å². The molecule has 0 bridgehead atoms. The van der Waals surface area contributed by atoms with Crippen molar-refractivity contribution < 1.29 is 4.79 Å². The monoisotopic (exact) mass is 475 g/mol. The van der Waals surface area contributed by atoms with Crippen LogP contribution in [0.4, 0.5) is 5.69 Å². The molecule has 1 aliphatic heterocycles. The van der Waals surface area contributed by atoms with Crippen molar-refractivity contribution in [3.05, 3.63) is 35.5 Å². The first-order valence-corrected chi connectivity index (χ1v) is 13.6. The SMILES string of the molecule is CN(C(=O)CN1CCCCCCCCC1)c1ccc2cc(-c3n[nH]c4c3CCC(C)(C)C4)[nH]c2c1. The number of benzene rings is 1. The van der Waals surface area contributed by atoms with E-state index in [9.17, 15) is 4.79 Å². The van der Waals surface area contributed by atoms with Gasteiger partial charge in [-0.25, -0.2) is 0 Å². The zero-order valence-corrected chi connectivity index (χ0v) is 21.8. The minimum Gasteiger partial charge on any atom is -0.353 e. The van der Waals surface area contributed by atoms with E-state index in [4.69, 9.17) is 0 Å². The number of aromatic amines is 2. The number of carbonyl (C=O) groups is 1. The number of hydrogen-bond acceptors (Lipinski definition) is 3. The van der Waals surface area contributed by atoms with E-state index in [1.165, 1.54) is 62.6 Å². The second kappa shape index (κ2) is 10.2. The number of nitrogens with one attached hydrogen (secondary N) is 2. The lowest BCUT2D eigenvalue weighted by Gasteiger charge is -2.28. The van der Waals surface area contributed by atoms with Crippen molar-refractivity contribution in [2.24, 2.45) is 5.41 Å². The van der Waals surface area contributed by atoms with Gasteiger partial charge in [0, 0.05) is 34.9 Å². The molecule has 0 atom stereocenters. The number of amides is 1. The molecule has 1 saturated heterocycles. The van der Waals surface area contributed by atoms with Gasteiger partial charge in [0.1, 0.15) is 5.69 Å². The van der Waals surface area contributed by atoms with Crippen LogP contribution >= 0.6 is 0 Å². The summed E-state index contributed by atoms with van der Waals surface area (Å²) in [6.45, 7) is 7.22. The summed E-state index contributed by atoms with van der Waals surface area (Å²) in [5.41, 5.74) is 7.03. The van der Waals surface area contributed by atoms with Crippen LogP contribution in [-0.4, -0.2) is 52.7 Å². The second-order valence-corrected chi connectivity index (χ2v) is 11.5. The van der Waals surface area contributed by atoms with Crippen LogP contribution in [0.25, 0.3) is 22.3 Å². The minimum atomic E-state index is 0.164. The maximum Gasteiger partial charge on any atom is 0.240 e. The second-order valence-electron chi connectivity index (χ2n) is 11.5. The lowest BCUT2D eigenvalue weighted by molar-refractivity contribution is -0.119. The molecule has 3 heterocycles. The number of hydrogen-bond donors (Lipinski definition) is 2. The summed E-state index contributed by atoms with van der Waals surface area (Å²) >= 11 is 0. The average molecular weight is 476 g/mol. The Morgan fingerprint density at radius 2 is 1.77 bits per heavy atom. The summed E-state index contributed by atoms with van der Waals surface area (Å²) < 4.78 is 0. The van der Waals surface area contributed by atoms with Crippen molar-refractivity contribution in [2.45, 2.75) is 78.1 Å². The number of aromatic nitrogens is 3. The van der Waals surface area contributed by atoms with Gasteiger partial charge in [0.15, 0.2) is 0 Å². The molecule has 35 heavy (non-hydrogen) atoms. The molecule has 2 aromatic heterocycles. The summed E-state index contributed by atoms with van der Waals surface area (Å²) in [4.78, 5) is 20.9. The van der Waals surface area contributed by atoms with Crippen molar-refractivity contribution >= 4 is 22.5 Å². The zero-order chi connectivity index (χ0) is 24.4. The van der Waals surface area contributed by atoms with Gasteiger partial charge in [-0.15, -0.1) is 0 Å². The zero-order valence-electron chi connectivity index (χ0n) is 21.8. The van der Waals surface area contributed by atoms with Crippen LogP contribution in [0.5, 0.6) is 0 Å². The topological polar surface area (TPSA) is 68.0 Å². The van der Waals surface area contributed by atoms with Gasteiger partial charge in [0.2, 0.25) is 5.91 Å². The smallest absolute Gasteiger partial charge is 0.240 e. The number of fused-ring (bicyclic) bond motifs is 2. The van der Waals surface area contributed by atoms with Crippen LogP contribution < -0.4 is 4.90 Å². The third kappa shape index (κ3) is 5.48. The van der Waals surface area contributed by atoms with Crippen LogP contribution in [0.15, 0.2) is 24.3 Å². The molecule has 1 aromatic carbocycles.